The normalized spacial score (nSPS) is 14.2. The predicted octanol–water partition coefficient (Wildman–Crippen LogP) is 23.5. The van der Waals surface area contributed by atoms with Crippen LogP contribution in [0, 0.1) is 11.8 Å². The van der Waals surface area contributed by atoms with Crippen molar-refractivity contribution < 1.29 is 80.2 Å². The number of esters is 4. The summed E-state index contributed by atoms with van der Waals surface area (Å²) < 4.78 is 68.7. The van der Waals surface area contributed by atoms with E-state index in [0.29, 0.717) is 25.7 Å². The number of aliphatic hydroxyl groups excluding tert-OH is 1. The van der Waals surface area contributed by atoms with Crippen LogP contribution in [0.1, 0.15) is 414 Å². The van der Waals surface area contributed by atoms with Crippen molar-refractivity contribution >= 4 is 39.5 Å². The highest BCUT2D eigenvalue weighted by molar-refractivity contribution is 7.47. The van der Waals surface area contributed by atoms with E-state index >= 15 is 0 Å². The maximum absolute atomic E-state index is 13.1. The molecule has 19 heteroatoms. The van der Waals surface area contributed by atoms with E-state index in [1.54, 1.807) is 0 Å². The van der Waals surface area contributed by atoms with Gasteiger partial charge in [0.1, 0.15) is 19.3 Å². The second-order valence-electron chi connectivity index (χ2n) is 29.2. The predicted molar refractivity (Wildman–Crippen MR) is 400 cm³/mol. The zero-order valence-electron chi connectivity index (χ0n) is 64.1. The van der Waals surface area contributed by atoms with Gasteiger partial charge < -0.3 is 33.8 Å². The Hall–Kier alpha value is -1.94. The molecule has 0 amide bonds. The Bertz CT molecular complexity index is 1890. The SMILES string of the molecule is CCCCCCCCCCCCCCCCCCCC(=O)OC[C@H](COP(=O)(O)OC[C@@H](O)COP(=O)(O)OC[C@@H](COC(=O)CCCCCCCCC(C)CC)OC(=O)CCCCCCCCCCCCCC(C)C)OC(=O)CCCCCCCCCCCCCCCCCCC. The van der Waals surface area contributed by atoms with E-state index in [4.69, 9.17) is 37.0 Å². The maximum atomic E-state index is 13.1. The second kappa shape index (κ2) is 70.7. The van der Waals surface area contributed by atoms with Crippen LogP contribution in [0.2, 0.25) is 0 Å². The highest BCUT2D eigenvalue weighted by Crippen LogP contribution is 2.45. The van der Waals surface area contributed by atoms with Crippen LogP contribution in [0.3, 0.4) is 0 Å². The molecular formula is C79H154O17P2. The van der Waals surface area contributed by atoms with Crippen LogP contribution in [0.15, 0.2) is 0 Å². The number of carbonyl (C=O) groups is 4. The first-order chi connectivity index (χ1) is 47.4. The molecule has 0 radical (unpaired) electrons. The minimum atomic E-state index is -4.96. The third kappa shape index (κ3) is 71.1. The lowest BCUT2D eigenvalue weighted by molar-refractivity contribution is -0.161. The molecule has 0 rings (SSSR count). The first kappa shape index (κ1) is 96.1. The van der Waals surface area contributed by atoms with Crippen LogP contribution in [0.25, 0.3) is 0 Å². The van der Waals surface area contributed by atoms with Crippen LogP contribution < -0.4 is 0 Å². The quantitative estimate of drug-likeness (QED) is 0.0222. The molecule has 98 heavy (non-hydrogen) atoms. The number of phosphoric ester groups is 2. The van der Waals surface area contributed by atoms with E-state index in [9.17, 15) is 43.2 Å². The second-order valence-corrected chi connectivity index (χ2v) is 32.1. The molecule has 0 fully saturated rings. The number of carbonyl (C=O) groups excluding carboxylic acids is 4. The third-order valence-electron chi connectivity index (χ3n) is 18.8. The van der Waals surface area contributed by atoms with Crippen molar-refractivity contribution in [3.63, 3.8) is 0 Å². The molecule has 0 aromatic carbocycles. The van der Waals surface area contributed by atoms with Gasteiger partial charge in [0.05, 0.1) is 26.4 Å². The Morgan fingerprint density at radius 2 is 0.520 bits per heavy atom. The summed E-state index contributed by atoms with van der Waals surface area (Å²) in [5, 5.41) is 10.6. The van der Waals surface area contributed by atoms with Crippen molar-refractivity contribution in [2.45, 2.75) is 432 Å². The average molecular weight is 1440 g/mol. The van der Waals surface area contributed by atoms with Gasteiger partial charge >= 0.3 is 39.5 Å². The largest absolute Gasteiger partial charge is 0.472 e. The van der Waals surface area contributed by atoms with Gasteiger partial charge in [-0.15, -0.1) is 0 Å². The molecule has 0 aromatic rings. The Labute approximate surface area is 600 Å². The van der Waals surface area contributed by atoms with Crippen molar-refractivity contribution in [3.8, 4) is 0 Å². The maximum Gasteiger partial charge on any atom is 0.472 e. The summed E-state index contributed by atoms with van der Waals surface area (Å²) in [5.41, 5.74) is 0. The van der Waals surface area contributed by atoms with E-state index in [-0.39, 0.29) is 25.7 Å². The first-order valence-electron chi connectivity index (χ1n) is 41.0. The van der Waals surface area contributed by atoms with Crippen LogP contribution in [-0.4, -0.2) is 96.7 Å². The number of unbranched alkanes of at least 4 members (excludes halogenated alkanes) is 47. The van der Waals surface area contributed by atoms with Crippen molar-refractivity contribution in [3.05, 3.63) is 0 Å². The van der Waals surface area contributed by atoms with Gasteiger partial charge in [-0.3, -0.25) is 37.3 Å². The van der Waals surface area contributed by atoms with Crippen molar-refractivity contribution in [2.75, 3.05) is 39.6 Å². The van der Waals surface area contributed by atoms with E-state index in [1.807, 2.05) is 0 Å². The molecule has 3 N–H and O–H groups in total. The Kier molecular flexibility index (Phi) is 69.3. The van der Waals surface area contributed by atoms with Crippen molar-refractivity contribution in [1.29, 1.82) is 0 Å². The standard InChI is InChI=1S/C79H154O17P2/c1-7-10-12-14-16-18-20-22-24-26-28-30-34-38-42-49-55-61-76(81)89-67-74(95-78(83)63-57-51-43-39-35-31-29-27-25-23-21-19-17-15-13-11-8-2)69-93-97(85,86)91-65-73(80)66-92-98(87,88)94-70-75(68-90-77(82)62-56-50-46-45-48-54-60-72(6)9-3)96-79(84)64-58-52-44-40-36-32-33-37-41-47-53-59-71(4)5/h71-75,80H,7-70H2,1-6H3,(H,85,86)(H,87,88)/t72?,73-,74-,75-/m1/s1. The Morgan fingerprint density at radius 1 is 0.296 bits per heavy atom. The zero-order valence-corrected chi connectivity index (χ0v) is 65.9. The van der Waals surface area contributed by atoms with Gasteiger partial charge in [0.2, 0.25) is 0 Å². The van der Waals surface area contributed by atoms with Crippen LogP contribution in [-0.2, 0) is 65.4 Å². The molecule has 17 nitrogen and oxygen atoms in total. The number of hydrogen-bond acceptors (Lipinski definition) is 15. The summed E-state index contributed by atoms with van der Waals surface area (Å²) in [6.45, 7) is 9.59. The molecule has 6 atom stereocenters. The molecule has 0 aliphatic heterocycles. The number of rotatable bonds is 78. The van der Waals surface area contributed by atoms with Gasteiger partial charge in [-0.2, -0.15) is 0 Å². The van der Waals surface area contributed by atoms with Gasteiger partial charge in [0.25, 0.3) is 0 Å². The lowest BCUT2D eigenvalue weighted by atomic mass is 10.00. The summed E-state index contributed by atoms with van der Waals surface area (Å²) in [5.74, 6) is -0.615. The molecular weight excluding hydrogens is 1280 g/mol. The summed E-state index contributed by atoms with van der Waals surface area (Å²) in [7, 11) is -9.92. The molecule has 582 valence electrons. The van der Waals surface area contributed by atoms with E-state index < -0.39 is 97.5 Å². The minimum Gasteiger partial charge on any atom is -0.462 e. The lowest BCUT2D eigenvalue weighted by Gasteiger charge is -2.21. The van der Waals surface area contributed by atoms with Crippen LogP contribution >= 0.6 is 15.6 Å². The monoisotopic (exact) mass is 1440 g/mol. The Balaban J connectivity index is 5.25. The fourth-order valence-corrected chi connectivity index (χ4v) is 13.7. The molecule has 0 aliphatic carbocycles. The highest BCUT2D eigenvalue weighted by Gasteiger charge is 2.30. The fourth-order valence-electron chi connectivity index (χ4n) is 12.2. The minimum absolute atomic E-state index is 0.106. The van der Waals surface area contributed by atoms with Crippen LogP contribution in [0.5, 0.6) is 0 Å². The number of ether oxygens (including phenoxy) is 4. The van der Waals surface area contributed by atoms with Gasteiger partial charge in [0.15, 0.2) is 12.2 Å². The van der Waals surface area contributed by atoms with Gasteiger partial charge in [-0.05, 0) is 37.5 Å². The number of hydrogen-bond donors (Lipinski definition) is 3. The van der Waals surface area contributed by atoms with Gasteiger partial charge in [-0.1, -0.05) is 363 Å². The molecule has 0 bridgehead atoms. The zero-order chi connectivity index (χ0) is 72.1. The highest BCUT2D eigenvalue weighted by atomic mass is 31.2. The summed E-state index contributed by atoms with van der Waals surface area (Å²) in [6.07, 6.45) is 59.7. The van der Waals surface area contributed by atoms with Crippen molar-refractivity contribution in [2.24, 2.45) is 11.8 Å². The molecule has 3 unspecified atom stereocenters. The summed E-state index contributed by atoms with van der Waals surface area (Å²) in [6, 6.07) is 0. The molecule has 0 aliphatic rings. The topological polar surface area (TPSA) is 237 Å². The molecule has 0 saturated carbocycles. The van der Waals surface area contributed by atoms with Gasteiger partial charge in [0, 0.05) is 25.7 Å². The van der Waals surface area contributed by atoms with Crippen LogP contribution in [0.4, 0.5) is 0 Å². The third-order valence-corrected chi connectivity index (χ3v) is 20.7. The molecule has 0 heterocycles. The number of phosphoric acid groups is 2. The first-order valence-corrected chi connectivity index (χ1v) is 44.0. The lowest BCUT2D eigenvalue weighted by Crippen LogP contribution is -2.30. The number of aliphatic hydroxyl groups is 1. The molecule has 0 aromatic heterocycles. The van der Waals surface area contributed by atoms with Gasteiger partial charge in [-0.25, -0.2) is 9.13 Å². The van der Waals surface area contributed by atoms with Crippen molar-refractivity contribution in [1.82, 2.24) is 0 Å². The van der Waals surface area contributed by atoms with E-state index in [2.05, 4.69) is 41.5 Å². The fraction of sp³-hybridized carbons (Fsp3) is 0.949. The van der Waals surface area contributed by atoms with E-state index in [1.165, 1.54) is 225 Å². The average Bonchev–Trinajstić information content (AvgIpc) is 3.27. The summed E-state index contributed by atoms with van der Waals surface area (Å²) in [4.78, 5) is 73.0. The smallest absolute Gasteiger partial charge is 0.462 e. The molecule has 0 saturated heterocycles. The Morgan fingerprint density at radius 3 is 0.776 bits per heavy atom. The van der Waals surface area contributed by atoms with E-state index in [0.717, 1.165) is 108 Å². The molecule has 0 spiro atoms. The summed E-state index contributed by atoms with van der Waals surface area (Å²) >= 11 is 0.